The molecule has 0 aliphatic rings. The molecule has 9 heteroatoms. The highest BCUT2D eigenvalue weighted by atomic mass is 32.2. The quantitative estimate of drug-likeness (QED) is 0.327. The molecule has 4 nitrogen and oxygen atoms in total. The molecule has 124 valence electrons. The molecule has 1 aromatic rings. The number of alkyl halides is 3. The summed E-state index contributed by atoms with van der Waals surface area (Å²) in [6.07, 6.45) is -2.10. The summed E-state index contributed by atoms with van der Waals surface area (Å²) < 4.78 is 37.3. The lowest BCUT2D eigenvalue weighted by atomic mass is 10.4. The predicted octanol–water partition coefficient (Wildman–Crippen LogP) is 2.79. The Hall–Kier alpha value is -1.22. The molecule has 0 spiro atoms. The first kappa shape index (κ1) is 18.8. The molecular formula is C13H19F3N4S2. The molecule has 0 fully saturated rings. The van der Waals surface area contributed by atoms with Crippen molar-refractivity contribution in [2.45, 2.75) is 12.6 Å². The summed E-state index contributed by atoms with van der Waals surface area (Å²) in [7, 11) is 1.65. The van der Waals surface area contributed by atoms with Crippen LogP contribution >= 0.6 is 23.1 Å². The number of aliphatic imine (C=N–C) groups is 1. The fraction of sp³-hybridized carbons (Fsp3) is 0.538. The number of guanidine groups is 1. The van der Waals surface area contributed by atoms with E-state index in [0.29, 0.717) is 23.9 Å². The monoisotopic (exact) mass is 352 g/mol. The Morgan fingerprint density at radius 3 is 2.77 bits per heavy atom. The third kappa shape index (κ3) is 7.17. The molecule has 0 amide bonds. The second-order valence-electron chi connectivity index (χ2n) is 4.16. The van der Waals surface area contributed by atoms with Crippen molar-refractivity contribution in [2.75, 3.05) is 31.6 Å². The Balaban J connectivity index is 2.27. The van der Waals surface area contributed by atoms with Crippen molar-refractivity contribution in [2.24, 2.45) is 4.99 Å². The summed E-state index contributed by atoms with van der Waals surface area (Å²) in [6.45, 7) is 4.88. The Bertz CT molecular complexity index is 486. The summed E-state index contributed by atoms with van der Waals surface area (Å²) in [5.74, 6) is 2.46. The van der Waals surface area contributed by atoms with E-state index in [4.69, 9.17) is 0 Å². The van der Waals surface area contributed by atoms with Crippen molar-refractivity contribution in [3.05, 3.63) is 28.7 Å². The highest BCUT2D eigenvalue weighted by Crippen LogP contribution is 2.29. The highest BCUT2D eigenvalue weighted by molar-refractivity contribution is 7.99. The van der Waals surface area contributed by atoms with Gasteiger partial charge in [0, 0.05) is 43.4 Å². The average molecular weight is 352 g/mol. The zero-order valence-electron chi connectivity index (χ0n) is 12.2. The predicted molar refractivity (Wildman–Crippen MR) is 87.7 cm³/mol. The standard InChI is InChI=1S/C13H19F3N4S2/c1-3-7-21-8-6-19-12(17-2)18-5-4-11-20-10(9-22-11)13(14,15)16/h3,9H,1,4-8H2,2H3,(H2,17,18,19). The van der Waals surface area contributed by atoms with Crippen molar-refractivity contribution in [3.8, 4) is 0 Å². The van der Waals surface area contributed by atoms with Crippen LogP contribution in [0, 0.1) is 0 Å². The average Bonchev–Trinajstić information content (AvgIpc) is 2.94. The van der Waals surface area contributed by atoms with E-state index in [0.717, 1.165) is 34.8 Å². The molecular weight excluding hydrogens is 333 g/mol. The van der Waals surface area contributed by atoms with Crippen molar-refractivity contribution < 1.29 is 13.2 Å². The maximum Gasteiger partial charge on any atom is 0.434 e. The van der Waals surface area contributed by atoms with Gasteiger partial charge >= 0.3 is 6.18 Å². The molecule has 1 rings (SSSR count). The van der Waals surface area contributed by atoms with Gasteiger partial charge in [-0.2, -0.15) is 24.9 Å². The minimum Gasteiger partial charge on any atom is -0.356 e. The lowest BCUT2D eigenvalue weighted by molar-refractivity contribution is -0.140. The van der Waals surface area contributed by atoms with Crippen molar-refractivity contribution in [1.29, 1.82) is 0 Å². The first-order valence-corrected chi connectivity index (χ1v) is 8.65. The van der Waals surface area contributed by atoms with E-state index in [1.807, 2.05) is 6.08 Å². The van der Waals surface area contributed by atoms with Gasteiger partial charge in [0.15, 0.2) is 11.7 Å². The smallest absolute Gasteiger partial charge is 0.356 e. The summed E-state index contributed by atoms with van der Waals surface area (Å²) in [5, 5.41) is 7.68. The molecule has 0 aliphatic heterocycles. The van der Waals surface area contributed by atoms with Gasteiger partial charge in [0.1, 0.15) is 0 Å². The summed E-state index contributed by atoms with van der Waals surface area (Å²) in [5.41, 5.74) is -0.825. The van der Waals surface area contributed by atoms with E-state index in [9.17, 15) is 13.2 Å². The molecule has 0 saturated carbocycles. The van der Waals surface area contributed by atoms with Crippen LogP contribution in [0.1, 0.15) is 10.7 Å². The number of thiazole rings is 1. The fourth-order valence-corrected chi connectivity index (χ4v) is 2.86. The van der Waals surface area contributed by atoms with Gasteiger partial charge < -0.3 is 10.6 Å². The summed E-state index contributed by atoms with van der Waals surface area (Å²) in [4.78, 5) is 7.63. The van der Waals surface area contributed by atoms with E-state index in [1.165, 1.54) is 0 Å². The van der Waals surface area contributed by atoms with Crippen LogP contribution in [0.3, 0.4) is 0 Å². The van der Waals surface area contributed by atoms with Crippen LogP contribution in [0.2, 0.25) is 0 Å². The number of halogens is 3. The largest absolute Gasteiger partial charge is 0.434 e. The van der Waals surface area contributed by atoms with E-state index >= 15 is 0 Å². The lowest BCUT2D eigenvalue weighted by Crippen LogP contribution is -2.39. The maximum atomic E-state index is 12.4. The van der Waals surface area contributed by atoms with E-state index < -0.39 is 11.9 Å². The van der Waals surface area contributed by atoms with Crippen molar-refractivity contribution >= 4 is 29.1 Å². The number of rotatable bonds is 8. The molecule has 0 aromatic carbocycles. The number of hydrogen-bond donors (Lipinski definition) is 2. The van der Waals surface area contributed by atoms with Crippen LogP contribution in [-0.4, -0.2) is 42.6 Å². The van der Waals surface area contributed by atoms with Gasteiger partial charge in [-0.1, -0.05) is 6.08 Å². The number of aromatic nitrogens is 1. The third-order valence-electron chi connectivity index (χ3n) is 2.47. The van der Waals surface area contributed by atoms with Gasteiger partial charge in [0.05, 0.1) is 5.01 Å². The third-order valence-corrected chi connectivity index (χ3v) is 4.34. The SMILES string of the molecule is C=CCSCCNC(=NC)NCCc1nc(C(F)(F)F)cs1. The van der Waals surface area contributed by atoms with Crippen LogP contribution in [0.15, 0.2) is 23.0 Å². The van der Waals surface area contributed by atoms with Crippen LogP contribution in [0.4, 0.5) is 13.2 Å². The minimum absolute atomic E-state index is 0.423. The molecule has 22 heavy (non-hydrogen) atoms. The van der Waals surface area contributed by atoms with Crippen LogP contribution < -0.4 is 10.6 Å². The molecule has 0 saturated heterocycles. The second-order valence-corrected chi connectivity index (χ2v) is 6.26. The molecule has 1 aromatic heterocycles. The minimum atomic E-state index is -4.37. The van der Waals surface area contributed by atoms with Gasteiger partial charge in [-0.05, 0) is 0 Å². The van der Waals surface area contributed by atoms with E-state index in [1.54, 1.807) is 18.8 Å². The molecule has 0 unspecified atom stereocenters. The normalized spacial score (nSPS) is 12.3. The zero-order chi connectivity index (χ0) is 16.4. The molecule has 0 aliphatic carbocycles. The Labute approximate surface area is 136 Å². The number of thioether (sulfide) groups is 1. The van der Waals surface area contributed by atoms with Crippen LogP contribution in [-0.2, 0) is 12.6 Å². The molecule has 1 heterocycles. The lowest BCUT2D eigenvalue weighted by Gasteiger charge is -2.10. The summed E-state index contributed by atoms with van der Waals surface area (Å²) in [6, 6.07) is 0. The Kier molecular flexibility index (Phi) is 8.32. The van der Waals surface area contributed by atoms with Gasteiger partial charge in [0.2, 0.25) is 0 Å². The van der Waals surface area contributed by atoms with E-state index in [2.05, 4.69) is 27.2 Å². The van der Waals surface area contributed by atoms with Gasteiger partial charge in [-0.25, -0.2) is 4.98 Å². The van der Waals surface area contributed by atoms with Gasteiger partial charge in [-0.3, -0.25) is 4.99 Å². The number of hydrogen-bond acceptors (Lipinski definition) is 4. The maximum absolute atomic E-state index is 12.4. The second kappa shape index (κ2) is 9.73. The van der Waals surface area contributed by atoms with E-state index in [-0.39, 0.29) is 0 Å². The highest BCUT2D eigenvalue weighted by Gasteiger charge is 2.33. The molecule has 0 bridgehead atoms. The van der Waals surface area contributed by atoms with Crippen LogP contribution in [0.5, 0.6) is 0 Å². The summed E-state index contributed by atoms with van der Waals surface area (Å²) >= 11 is 2.77. The molecule has 0 atom stereocenters. The van der Waals surface area contributed by atoms with Gasteiger partial charge in [-0.15, -0.1) is 17.9 Å². The Morgan fingerprint density at radius 1 is 1.45 bits per heavy atom. The van der Waals surface area contributed by atoms with Gasteiger partial charge in [0.25, 0.3) is 0 Å². The molecule has 0 radical (unpaired) electrons. The first-order valence-electron chi connectivity index (χ1n) is 6.62. The van der Waals surface area contributed by atoms with Crippen LogP contribution in [0.25, 0.3) is 0 Å². The Morgan fingerprint density at radius 2 is 2.18 bits per heavy atom. The number of nitrogens with one attached hydrogen (secondary N) is 2. The fourth-order valence-electron chi connectivity index (χ4n) is 1.47. The molecule has 2 N–H and O–H groups in total. The zero-order valence-corrected chi connectivity index (χ0v) is 13.9. The van der Waals surface area contributed by atoms with Crippen molar-refractivity contribution in [1.82, 2.24) is 15.6 Å². The first-order chi connectivity index (χ1) is 10.5. The number of nitrogens with zero attached hydrogens (tertiary/aromatic N) is 2. The van der Waals surface area contributed by atoms with Crippen molar-refractivity contribution in [3.63, 3.8) is 0 Å². The topological polar surface area (TPSA) is 49.3 Å².